The second kappa shape index (κ2) is 5.93. The highest BCUT2D eigenvalue weighted by Gasteiger charge is 2.20. The van der Waals surface area contributed by atoms with Gasteiger partial charge in [-0.05, 0) is 11.5 Å². The Kier molecular flexibility index (Phi) is 4.81. The highest BCUT2D eigenvalue weighted by atomic mass is 16.6. The monoisotopic (exact) mass is 253 g/mol. The number of benzene rings is 1. The Morgan fingerprint density at radius 3 is 2.56 bits per heavy atom. The molecule has 0 aromatic heterocycles. The average Bonchev–Trinajstić information content (AvgIpc) is 2.27. The third-order valence-electron chi connectivity index (χ3n) is 2.30. The molecular weight excluding hydrogens is 234 g/mol. The van der Waals surface area contributed by atoms with Crippen LogP contribution in [0.3, 0.4) is 0 Å². The summed E-state index contributed by atoms with van der Waals surface area (Å²) in [4.78, 5) is 10.3. The first-order valence-electron chi connectivity index (χ1n) is 5.80. The van der Waals surface area contributed by atoms with E-state index in [1.54, 1.807) is 18.2 Å². The smallest absolute Gasteiger partial charge is 0.275 e. The van der Waals surface area contributed by atoms with Gasteiger partial charge in [-0.2, -0.15) is 0 Å². The van der Waals surface area contributed by atoms with E-state index in [2.05, 4.69) is 0 Å². The van der Waals surface area contributed by atoms with Gasteiger partial charge in [0.25, 0.3) is 5.69 Å². The molecule has 1 aromatic rings. The van der Waals surface area contributed by atoms with E-state index in [1.807, 2.05) is 20.8 Å². The van der Waals surface area contributed by atoms with E-state index in [9.17, 15) is 15.2 Å². The zero-order valence-electron chi connectivity index (χ0n) is 10.9. The van der Waals surface area contributed by atoms with Gasteiger partial charge >= 0.3 is 0 Å². The molecule has 0 aliphatic rings. The van der Waals surface area contributed by atoms with E-state index in [-0.39, 0.29) is 23.3 Å². The molecule has 0 saturated carbocycles. The van der Waals surface area contributed by atoms with Crippen molar-refractivity contribution in [2.45, 2.75) is 26.9 Å². The van der Waals surface area contributed by atoms with E-state index >= 15 is 0 Å². The van der Waals surface area contributed by atoms with Crippen LogP contribution in [-0.4, -0.2) is 23.2 Å². The predicted molar refractivity (Wildman–Crippen MR) is 68.3 cm³/mol. The highest BCUT2D eigenvalue weighted by molar-refractivity contribution is 5.41. The molecule has 0 aliphatic carbocycles. The molecule has 5 nitrogen and oxygen atoms in total. The van der Waals surface area contributed by atoms with E-state index in [0.717, 1.165) is 0 Å². The number of para-hydroxylation sites is 1. The molecule has 1 rings (SSSR count). The van der Waals surface area contributed by atoms with Crippen molar-refractivity contribution in [2.24, 2.45) is 5.41 Å². The number of rotatable bonds is 5. The van der Waals surface area contributed by atoms with E-state index in [4.69, 9.17) is 4.74 Å². The van der Waals surface area contributed by atoms with Crippen LogP contribution in [-0.2, 0) is 4.74 Å². The number of nitro benzene ring substituents is 1. The quantitative estimate of drug-likeness (QED) is 0.646. The molecule has 0 radical (unpaired) electrons. The standard InChI is InChI=1S/C13H19NO4/c1-13(2,3)9-18-8-12(15)10-6-4-5-7-11(10)14(16)17/h4-7,12,15H,8-9H2,1-3H3. The second-order valence-electron chi connectivity index (χ2n) is 5.41. The van der Waals surface area contributed by atoms with Gasteiger partial charge in [0.05, 0.1) is 23.7 Å². The third-order valence-corrected chi connectivity index (χ3v) is 2.30. The molecule has 1 aromatic carbocycles. The lowest BCUT2D eigenvalue weighted by Crippen LogP contribution is -2.18. The molecule has 0 spiro atoms. The molecule has 0 fully saturated rings. The Bertz CT molecular complexity index is 412. The molecule has 100 valence electrons. The minimum atomic E-state index is -0.978. The summed E-state index contributed by atoms with van der Waals surface area (Å²) in [6.45, 7) is 6.60. The molecule has 5 heteroatoms. The van der Waals surface area contributed by atoms with Crippen LogP contribution < -0.4 is 0 Å². The average molecular weight is 253 g/mol. The van der Waals surface area contributed by atoms with Gasteiger partial charge in [-0.15, -0.1) is 0 Å². The number of nitro groups is 1. The molecule has 0 heterocycles. The van der Waals surface area contributed by atoms with Gasteiger partial charge in [-0.3, -0.25) is 10.1 Å². The first kappa shape index (κ1) is 14.6. The summed E-state index contributed by atoms with van der Waals surface area (Å²) in [6.07, 6.45) is -0.978. The fraction of sp³-hybridized carbons (Fsp3) is 0.538. The topological polar surface area (TPSA) is 72.6 Å². The van der Waals surface area contributed by atoms with Crippen LogP contribution in [0, 0.1) is 15.5 Å². The van der Waals surface area contributed by atoms with Crippen LogP contribution in [0.4, 0.5) is 5.69 Å². The summed E-state index contributed by atoms with van der Waals surface area (Å²) in [6, 6.07) is 6.16. The zero-order valence-corrected chi connectivity index (χ0v) is 10.9. The van der Waals surface area contributed by atoms with Crippen LogP contribution in [0.1, 0.15) is 32.4 Å². The van der Waals surface area contributed by atoms with E-state index < -0.39 is 11.0 Å². The first-order valence-corrected chi connectivity index (χ1v) is 5.80. The largest absolute Gasteiger partial charge is 0.386 e. The number of ether oxygens (including phenoxy) is 1. The summed E-state index contributed by atoms with van der Waals surface area (Å²) in [7, 11) is 0. The van der Waals surface area contributed by atoms with Crippen LogP contribution in [0.2, 0.25) is 0 Å². The van der Waals surface area contributed by atoms with Crippen molar-refractivity contribution in [3.05, 3.63) is 39.9 Å². The molecule has 0 bridgehead atoms. The summed E-state index contributed by atoms with van der Waals surface area (Å²) in [5.74, 6) is 0. The van der Waals surface area contributed by atoms with Gasteiger partial charge in [0, 0.05) is 6.07 Å². The lowest BCUT2D eigenvalue weighted by Gasteiger charge is -2.19. The minimum absolute atomic E-state index is 0.00232. The molecule has 1 N–H and O–H groups in total. The highest BCUT2D eigenvalue weighted by Crippen LogP contribution is 2.25. The van der Waals surface area contributed by atoms with Gasteiger partial charge in [-0.1, -0.05) is 32.9 Å². The lowest BCUT2D eigenvalue weighted by atomic mass is 9.99. The Hall–Kier alpha value is -1.46. The zero-order chi connectivity index (χ0) is 13.8. The van der Waals surface area contributed by atoms with Crippen LogP contribution >= 0.6 is 0 Å². The van der Waals surface area contributed by atoms with Crippen molar-refractivity contribution in [2.75, 3.05) is 13.2 Å². The van der Waals surface area contributed by atoms with Crippen molar-refractivity contribution in [1.82, 2.24) is 0 Å². The van der Waals surface area contributed by atoms with Crippen molar-refractivity contribution >= 4 is 5.69 Å². The molecule has 0 amide bonds. The molecular formula is C13H19NO4. The molecule has 1 atom stereocenters. The number of hydrogen-bond donors (Lipinski definition) is 1. The summed E-state index contributed by atoms with van der Waals surface area (Å²) in [5.41, 5.74) is 0.211. The van der Waals surface area contributed by atoms with Gasteiger partial charge < -0.3 is 9.84 Å². The normalized spacial score (nSPS) is 13.3. The molecule has 0 saturated heterocycles. The second-order valence-corrected chi connectivity index (χ2v) is 5.41. The lowest BCUT2D eigenvalue weighted by molar-refractivity contribution is -0.386. The van der Waals surface area contributed by atoms with Crippen LogP contribution in [0.25, 0.3) is 0 Å². The van der Waals surface area contributed by atoms with Gasteiger partial charge in [0.2, 0.25) is 0 Å². The Balaban J connectivity index is 2.67. The van der Waals surface area contributed by atoms with E-state index in [1.165, 1.54) is 6.07 Å². The Morgan fingerprint density at radius 2 is 2.00 bits per heavy atom. The van der Waals surface area contributed by atoms with Crippen LogP contribution in [0.15, 0.2) is 24.3 Å². The summed E-state index contributed by atoms with van der Waals surface area (Å²) >= 11 is 0. The Morgan fingerprint density at radius 1 is 1.39 bits per heavy atom. The SMILES string of the molecule is CC(C)(C)COCC(O)c1ccccc1[N+](=O)[O-]. The fourth-order valence-corrected chi connectivity index (χ4v) is 1.50. The maximum Gasteiger partial charge on any atom is 0.275 e. The number of aliphatic hydroxyl groups is 1. The molecule has 1 unspecified atom stereocenters. The summed E-state index contributed by atoms with van der Waals surface area (Å²) in [5, 5.41) is 20.7. The van der Waals surface area contributed by atoms with Gasteiger partial charge in [-0.25, -0.2) is 0 Å². The minimum Gasteiger partial charge on any atom is -0.386 e. The fourth-order valence-electron chi connectivity index (χ4n) is 1.50. The van der Waals surface area contributed by atoms with Crippen molar-refractivity contribution < 1.29 is 14.8 Å². The predicted octanol–water partition coefficient (Wildman–Crippen LogP) is 2.69. The summed E-state index contributed by atoms with van der Waals surface area (Å²) < 4.78 is 5.38. The third kappa shape index (κ3) is 4.43. The number of hydrogen-bond acceptors (Lipinski definition) is 4. The molecule has 18 heavy (non-hydrogen) atoms. The van der Waals surface area contributed by atoms with Gasteiger partial charge in [0.15, 0.2) is 0 Å². The van der Waals surface area contributed by atoms with Crippen molar-refractivity contribution in [3.8, 4) is 0 Å². The van der Waals surface area contributed by atoms with E-state index in [0.29, 0.717) is 6.61 Å². The maximum absolute atomic E-state index is 10.8. The number of aliphatic hydroxyl groups excluding tert-OH is 1. The van der Waals surface area contributed by atoms with Gasteiger partial charge in [0.1, 0.15) is 6.10 Å². The molecule has 0 aliphatic heterocycles. The van der Waals surface area contributed by atoms with Crippen LogP contribution in [0.5, 0.6) is 0 Å². The Labute approximate surface area is 107 Å². The van der Waals surface area contributed by atoms with Crippen molar-refractivity contribution in [1.29, 1.82) is 0 Å². The first-order chi connectivity index (χ1) is 8.31. The number of nitrogens with zero attached hydrogens (tertiary/aromatic N) is 1. The van der Waals surface area contributed by atoms with Crippen molar-refractivity contribution in [3.63, 3.8) is 0 Å². The maximum atomic E-state index is 10.8.